The van der Waals surface area contributed by atoms with E-state index in [1.807, 2.05) is 0 Å². The van der Waals surface area contributed by atoms with Gasteiger partial charge >= 0.3 is 12.5 Å². The molecule has 1 atom stereocenters. The number of carbonyl (C=O) groups excluding carboxylic acids is 4. The first-order valence-corrected chi connectivity index (χ1v) is 12.1. The van der Waals surface area contributed by atoms with E-state index in [1.54, 1.807) is 30.3 Å². The van der Waals surface area contributed by atoms with E-state index in [1.165, 1.54) is 17.0 Å². The fourth-order valence-electron chi connectivity index (χ4n) is 5.03. The zero-order valence-electron chi connectivity index (χ0n) is 20.0. The van der Waals surface area contributed by atoms with Crippen LogP contribution in [0, 0.1) is 0 Å². The molecular weight excluding hydrogens is 507 g/mol. The van der Waals surface area contributed by atoms with Gasteiger partial charge in [-0.1, -0.05) is 30.3 Å². The number of halogens is 3. The van der Waals surface area contributed by atoms with Crippen LogP contribution in [-0.2, 0) is 27.4 Å². The first kappa shape index (κ1) is 25.6. The van der Waals surface area contributed by atoms with Gasteiger partial charge in [0.05, 0.1) is 0 Å². The Morgan fingerprint density at radius 1 is 1.11 bits per heavy atom. The standard InChI is InChI=1S/C26H24F3N3O6/c27-26(28,29)38-21-4-2-1-3-18(21)16-10-17(11-16)37-25(36)30-12-14-5-6-15-13-32(24(35)19(15)9-14)20-7-8-22(33)31-23(20)34/h1-6,9,16-17,20H,7-8,10-13H2,(H,30,36)(H,31,33,34). The van der Waals surface area contributed by atoms with Crippen molar-refractivity contribution < 1.29 is 41.8 Å². The van der Waals surface area contributed by atoms with Crippen molar-refractivity contribution in [1.82, 2.24) is 15.5 Å². The highest BCUT2D eigenvalue weighted by Gasteiger charge is 2.40. The first-order chi connectivity index (χ1) is 18.1. The van der Waals surface area contributed by atoms with Crippen molar-refractivity contribution >= 4 is 23.8 Å². The highest BCUT2D eigenvalue weighted by molar-refractivity contribution is 6.05. The molecule has 2 aromatic rings. The highest BCUT2D eigenvalue weighted by Crippen LogP contribution is 2.43. The van der Waals surface area contributed by atoms with Gasteiger partial charge in [0.25, 0.3) is 5.91 Å². The van der Waals surface area contributed by atoms with Gasteiger partial charge in [0.2, 0.25) is 11.8 Å². The third kappa shape index (κ3) is 5.43. The molecule has 2 heterocycles. The number of hydrogen-bond donors (Lipinski definition) is 2. The van der Waals surface area contributed by atoms with Gasteiger partial charge < -0.3 is 19.7 Å². The zero-order chi connectivity index (χ0) is 27.0. The van der Waals surface area contributed by atoms with Gasteiger partial charge in [-0.3, -0.25) is 19.7 Å². The van der Waals surface area contributed by atoms with Crippen LogP contribution in [0.4, 0.5) is 18.0 Å². The van der Waals surface area contributed by atoms with Crippen LogP contribution in [0.5, 0.6) is 5.75 Å². The van der Waals surface area contributed by atoms with Gasteiger partial charge in [0, 0.05) is 25.1 Å². The molecule has 12 heteroatoms. The molecule has 38 heavy (non-hydrogen) atoms. The van der Waals surface area contributed by atoms with Crippen molar-refractivity contribution in [1.29, 1.82) is 0 Å². The fraction of sp³-hybridized carbons (Fsp3) is 0.385. The van der Waals surface area contributed by atoms with Gasteiger partial charge in [0.15, 0.2) is 0 Å². The van der Waals surface area contributed by atoms with Crippen LogP contribution in [0.15, 0.2) is 42.5 Å². The monoisotopic (exact) mass is 531 g/mol. The average molecular weight is 531 g/mol. The molecule has 1 saturated carbocycles. The fourth-order valence-corrected chi connectivity index (χ4v) is 5.03. The second-order valence-electron chi connectivity index (χ2n) is 9.53. The molecule has 0 aromatic heterocycles. The second kappa shape index (κ2) is 9.99. The number of benzene rings is 2. The smallest absolute Gasteiger partial charge is 0.446 e. The number of alkyl carbamates (subject to hydrolysis) is 1. The van der Waals surface area contributed by atoms with Crippen LogP contribution >= 0.6 is 0 Å². The van der Waals surface area contributed by atoms with Crippen molar-refractivity contribution in [3.63, 3.8) is 0 Å². The number of hydrogen-bond acceptors (Lipinski definition) is 6. The van der Waals surface area contributed by atoms with Crippen LogP contribution in [0.3, 0.4) is 0 Å². The summed E-state index contributed by atoms with van der Waals surface area (Å²) < 4.78 is 47.5. The summed E-state index contributed by atoms with van der Waals surface area (Å²) in [4.78, 5) is 50.3. The summed E-state index contributed by atoms with van der Waals surface area (Å²) in [5.74, 6) is -1.62. The van der Waals surface area contributed by atoms with Gasteiger partial charge in [0.1, 0.15) is 17.9 Å². The van der Waals surface area contributed by atoms with Crippen LogP contribution in [0.2, 0.25) is 0 Å². The molecule has 3 aliphatic rings. The van der Waals surface area contributed by atoms with Crippen LogP contribution in [0.25, 0.3) is 0 Å². The number of rotatable bonds is 6. The van der Waals surface area contributed by atoms with Crippen LogP contribution < -0.4 is 15.4 Å². The lowest BCUT2D eigenvalue weighted by Crippen LogP contribution is -2.52. The summed E-state index contributed by atoms with van der Waals surface area (Å²) in [5, 5.41) is 4.89. The van der Waals surface area contributed by atoms with E-state index in [0.29, 0.717) is 29.5 Å². The predicted molar refractivity (Wildman–Crippen MR) is 125 cm³/mol. The third-order valence-electron chi connectivity index (χ3n) is 6.98. The van der Waals surface area contributed by atoms with Crippen molar-refractivity contribution in [2.45, 2.75) is 63.2 Å². The predicted octanol–water partition coefficient (Wildman–Crippen LogP) is 3.52. The maximum absolute atomic E-state index is 12.9. The molecule has 2 N–H and O–H groups in total. The Balaban J connectivity index is 1.11. The lowest BCUT2D eigenvalue weighted by Gasteiger charge is -2.35. The lowest BCUT2D eigenvalue weighted by molar-refractivity contribution is -0.275. The number of carbonyl (C=O) groups is 4. The molecule has 0 radical (unpaired) electrons. The van der Waals surface area contributed by atoms with Gasteiger partial charge in [-0.15, -0.1) is 13.2 Å². The minimum atomic E-state index is -4.79. The number of imide groups is 1. The summed E-state index contributed by atoms with van der Waals surface area (Å²) in [7, 11) is 0. The summed E-state index contributed by atoms with van der Waals surface area (Å²) in [6.45, 7) is 0.354. The maximum Gasteiger partial charge on any atom is 0.573 e. The van der Waals surface area contributed by atoms with Gasteiger partial charge in [-0.25, -0.2) is 4.79 Å². The number of amides is 4. The highest BCUT2D eigenvalue weighted by atomic mass is 19.4. The number of fused-ring (bicyclic) bond motifs is 1. The Morgan fingerprint density at radius 2 is 1.87 bits per heavy atom. The normalized spacial score (nSPS) is 22.9. The quantitative estimate of drug-likeness (QED) is 0.552. The van der Waals surface area contributed by atoms with E-state index in [4.69, 9.17) is 4.74 Å². The molecule has 2 aromatic carbocycles. The van der Waals surface area contributed by atoms with Crippen molar-refractivity contribution in [2.75, 3.05) is 0 Å². The minimum absolute atomic E-state index is 0.0935. The SMILES string of the molecule is O=C1CCC(N2Cc3ccc(CNC(=O)OC4CC(c5ccccc5OC(F)(F)F)C4)cc3C2=O)C(=O)N1. The Kier molecular flexibility index (Phi) is 6.72. The molecule has 2 fully saturated rings. The molecule has 1 aliphatic carbocycles. The van der Waals surface area contributed by atoms with Gasteiger partial charge in [-0.2, -0.15) is 0 Å². The zero-order valence-corrected chi connectivity index (χ0v) is 20.0. The molecule has 200 valence electrons. The molecule has 9 nitrogen and oxygen atoms in total. The number of ether oxygens (including phenoxy) is 2. The average Bonchev–Trinajstić information content (AvgIpc) is 3.15. The molecule has 4 amide bonds. The lowest BCUT2D eigenvalue weighted by atomic mass is 9.77. The Bertz CT molecular complexity index is 1290. The van der Waals surface area contributed by atoms with E-state index < -0.39 is 30.5 Å². The van der Waals surface area contributed by atoms with E-state index >= 15 is 0 Å². The van der Waals surface area contributed by atoms with Gasteiger partial charge in [-0.05, 0) is 54.0 Å². The van der Waals surface area contributed by atoms with Crippen LogP contribution in [-0.4, -0.2) is 47.2 Å². The molecule has 0 spiro atoms. The van der Waals surface area contributed by atoms with Crippen molar-refractivity contribution in [3.05, 3.63) is 64.7 Å². The first-order valence-electron chi connectivity index (χ1n) is 12.1. The minimum Gasteiger partial charge on any atom is -0.446 e. The number of nitrogens with zero attached hydrogens (tertiary/aromatic N) is 1. The third-order valence-corrected chi connectivity index (χ3v) is 6.98. The number of alkyl halides is 3. The number of nitrogens with one attached hydrogen (secondary N) is 2. The maximum atomic E-state index is 12.9. The van der Waals surface area contributed by atoms with E-state index in [2.05, 4.69) is 15.4 Å². The Labute approximate surface area is 215 Å². The Hall–Kier alpha value is -4.09. The largest absolute Gasteiger partial charge is 0.573 e. The summed E-state index contributed by atoms with van der Waals surface area (Å²) in [5.41, 5.74) is 2.26. The van der Waals surface area contributed by atoms with E-state index in [9.17, 15) is 32.3 Å². The summed E-state index contributed by atoms with van der Waals surface area (Å²) >= 11 is 0. The van der Waals surface area contributed by atoms with Crippen LogP contribution in [0.1, 0.15) is 58.6 Å². The number of para-hydroxylation sites is 1. The summed E-state index contributed by atoms with van der Waals surface area (Å²) in [6.07, 6.45) is -4.73. The molecule has 5 rings (SSSR count). The molecule has 1 unspecified atom stereocenters. The van der Waals surface area contributed by atoms with E-state index in [-0.39, 0.29) is 49.4 Å². The molecule has 1 saturated heterocycles. The Morgan fingerprint density at radius 3 is 2.61 bits per heavy atom. The molecule has 2 aliphatic heterocycles. The van der Waals surface area contributed by atoms with Crippen molar-refractivity contribution in [3.8, 4) is 5.75 Å². The second-order valence-corrected chi connectivity index (χ2v) is 9.53. The molecule has 0 bridgehead atoms. The van der Waals surface area contributed by atoms with E-state index in [0.717, 1.165) is 5.56 Å². The summed E-state index contributed by atoms with van der Waals surface area (Å²) in [6, 6.07) is 10.4. The van der Waals surface area contributed by atoms with Crippen molar-refractivity contribution in [2.24, 2.45) is 0 Å². The molecular formula is C26H24F3N3O6. The number of piperidine rings is 1. The topological polar surface area (TPSA) is 114 Å².